The number of halogens is 1. The SMILES string of the molecule is CC(C)/C=C/NC(=O)Nc1ccc(I)cc1. The second-order valence-corrected chi connectivity index (χ2v) is 4.95. The predicted molar refractivity (Wildman–Crippen MR) is 75.3 cm³/mol. The number of rotatable bonds is 3. The van der Waals surface area contributed by atoms with Crippen LogP contribution >= 0.6 is 22.6 Å². The largest absolute Gasteiger partial charge is 0.323 e. The maximum Gasteiger partial charge on any atom is 0.323 e. The Bertz CT molecular complexity index is 371. The Hall–Kier alpha value is -1.04. The van der Waals surface area contributed by atoms with Crippen molar-refractivity contribution in [2.45, 2.75) is 13.8 Å². The number of amides is 2. The minimum atomic E-state index is -0.224. The van der Waals surface area contributed by atoms with Crippen molar-refractivity contribution in [2.75, 3.05) is 5.32 Å². The van der Waals surface area contributed by atoms with Crippen LogP contribution in [-0.4, -0.2) is 6.03 Å². The van der Waals surface area contributed by atoms with Crippen LogP contribution in [0.4, 0.5) is 10.5 Å². The van der Waals surface area contributed by atoms with Gasteiger partial charge in [-0.15, -0.1) is 0 Å². The van der Waals surface area contributed by atoms with Gasteiger partial charge in [0.05, 0.1) is 0 Å². The Kier molecular flexibility index (Phi) is 5.31. The van der Waals surface area contributed by atoms with Crippen LogP contribution in [-0.2, 0) is 0 Å². The molecule has 0 bridgehead atoms. The molecule has 2 amide bonds. The zero-order valence-corrected chi connectivity index (χ0v) is 11.5. The fourth-order valence-electron chi connectivity index (χ4n) is 1.02. The molecule has 1 aromatic rings. The van der Waals surface area contributed by atoms with E-state index in [1.54, 1.807) is 6.20 Å². The standard InChI is InChI=1S/C12H15IN2O/c1-9(2)7-8-14-12(16)15-11-5-3-10(13)4-6-11/h3-9H,1-2H3,(H2,14,15,16)/b8-7+. The van der Waals surface area contributed by atoms with Gasteiger partial charge in [0, 0.05) is 15.5 Å². The predicted octanol–water partition coefficient (Wildman–Crippen LogP) is 3.58. The maximum absolute atomic E-state index is 11.4. The first-order valence-electron chi connectivity index (χ1n) is 5.07. The highest BCUT2D eigenvalue weighted by molar-refractivity contribution is 14.1. The molecule has 0 atom stereocenters. The van der Waals surface area contributed by atoms with Crippen molar-refractivity contribution in [1.82, 2.24) is 5.32 Å². The molecule has 0 aliphatic rings. The van der Waals surface area contributed by atoms with E-state index in [1.165, 1.54) is 0 Å². The summed E-state index contributed by atoms with van der Waals surface area (Å²) in [6.45, 7) is 4.10. The van der Waals surface area contributed by atoms with E-state index < -0.39 is 0 Å². The van der Waals surface area contributed by atoms with Crippen molar-refractivity contribution in [3.63, 3.8) is 0 Å². The highest BCUT2D eigenvalue weighted by Crippen LogP contribution is 2.10. The van der Waals surface area contributed by atoms with Crippen molar-refractivity contribution in [2.24, 2.45) is 5.92 Å². The molecule has 16 heavy (non-hydrogen) atoms. The Labute approximate surface area is 109 Å². The van der Waals surface area contributed by atoms with Crippen LogP contribution in [0.2, 0.25) is 0 Å². The Morgan fingerprint density at radius 1 is 1.31 bits per heavy atom. The van der Waals surface area contributed by atoms with Crippen molar-refractivity contribution in [1.29, 1.82) is 0 Å². The van der Waals surface area contributed by atoms with Crippen LogP contribution in [0.15, 0.2) is 36.5 Å². The van der Waals surface area contributed by atoms with Gasteiger partial charge in [-0.1, -0.05) is 19.9 Å². The van der Waals surface area contributed by atoms with E-state index in [0.29, 0.717) is 5.92 Å². The Balaban J connectivity index is 2.43. The molecule has 3 nitrogen and oxygen atoms in total. The van der Waals surface area contributed by atoms with E-state index in [1.807, 2.05) is 30.3 Å². The first kappa shape index (κ1) is 13.0. The van der Waals surface area contributed by atoms with Crippen LogP contribution in [0.5, 0.6) is 0 Å². The number of allylic oxidation sites excluding steroid dienone is 1. The summed E-state index contributed by atoms with van der Waals surface area (Å²) in [6, 6.07) is 7.40. The van der Waals surface area contributed by atoms with Crippen molar-refractivity contribution in [3.05, 3.63) is 40.1 Å². The summed E-state index contributed by atoms with van der Waals surface area (Å²) in [5.74, 6) is 0.429. The third kappa shape index (κ3) is 5.16. The zero-order valence-electron chi connectivity index (χ0n) is 9.33. The third-order valence-electron chi connectivity index (χ3n) is 1.80. The molecule has 0 aliphatic carbocycles. The summed E-state index contributed by atoms with van der Waals surface area (Å²) in [5.41, 5.74) is 0.788. The highest BCUT2D eigenvalue weighted by atomic mass is 127. The number of carbonyl (C=O) groups is 1. The second-order valence-electron chi connectivity index (χ2n) is 3.71. The first-order chi connectivity index (χ1) is 7.58. The molecule has 0 aliphatic heterocycles. The smallest absolute Gasteiger partial charge is 0.315 e. The van der Waals surface area contributed by atoms with Crippen molar-refractivity contribution in [3.8, 4) is 0 Å². The van der Waals surface area contributed by atoms with Gasteiger partial charge in [-0.2, -0.15) is 0 Å². The second kappa shape index (κ2) is 6.52. The number of anilines is 1. The number of benzene rings is 1. The van der Waals surface area contributed by atoms with Gasteiger partial charge >= 0.3 is 6.03 Å². The van der Waals surface area contributed by atoms with Crippen LogP contribution in [0.1, 0.15) is 13.8 Å². The van der Waals surface area contributed by atoms with Crippen molar-refractivity contribution >= 4 is 34.3 Å². The molecule has 4 heteroatoms. The normalized spacial score (nSPS) is 10.8. The van der Waals surface area contributed by atoms with Crippen molar-refractivity contribution < 1.29 is 4.79 Å². The highest BCUT2D eigenvalue weighted by Gasteiger charge is 1.98. The average molecular weight is 330 g/mol. The van der Waals surface area contributed by atoms with Gasteiger partial charge in [0.2, 0.25) is 0 Å². The lowest BCUT2D eigenvalue weighted by atomic mass is 10.2. The van der Waals surface area contributed by atoms with E-state index in [2.05, 4.69) is 47.1 Å². The molecule has 2 N–H and O–H groups in total. The lowest BCUT2D eigenvalue weighted by molar-refractivity contribution is 0.255. The summed E-state index contributed by atoms with van der Waals surface area (Å²) in [7, 11) is 0. The molecule has 0 aromatic heterocycles. The zero-order chi connectivity index (χ0) is 12.0. The van der Waals surface area contributed by atoms with Crippen LogP contribution in [0.3, 0.4) is 0 Å². The topological polar surface area (TPSA) is 41.1 Å². The number of hydrogen-bond acceptors (Lipinski definition) is 1. The minimum Gasteiger partial charge on any atom is -0.315 e. The van der Waals surface area contributed by atoms with E-state index in [4.69, 9.17) is 0 Å². The van der Waals surface area contributed by atoms with Gasteiger partial charge in [-0.3, -0.25) is 0 Å². The fourth-order valence-corrected chi connectivity index (χ4v) is 1.38. The van der Waals surface area contributed by atoms with Gasteiger partial charge in [0.1, 0.15) is 0 Å². The molecule has 1 aromatic carbocycles. The summed E-state index contributed by atoms with van der Waals surface area (Å²) >= 11 is 2.22. The van der Waals surface area contributed by atoms with E-state index in [9.17, 15) is 4.79 Å². The molecule has 0 fully saturated rings. The lowest BCUT2D eigenvalue weighted by Crippen LogP contribution is -2.23. The Morgan fingerprint density at radius 2 is 1.94 bits per heavy atom. The molecule has 1 rings (SSSR count). The monoisotopic (exact) mass is 330 g/mol. The number of nitrogens with one attached hydrogen (secondary N) is 2. The molecule has 0 unspecified atom stereocenters. The summed E-state index contributed by atoms with van der Waals surface area (Å²) < 4.78 is 1.14. The first-order valence-corrected chi connectivity index (χ1v) is 6.15. The van der Waals surface area contributed by atoms with Crippen LogP contribution < -0.4 is 10.6 Å². The molecule has 86 valence electrons. The van der Waals surface area contributed by atoms with E-state index >= 15 is 0 Å². The molecule has 0 saturated carbocycles. The molecular weight excluding hydrogens is 315 g/mol. The lowest BCUT2D eigenvalue weighted by Gasteiger charge is -2.04. The summed E-state index contributed by atoms with van der Waals surface area (Å²) in [5, 5.41) is 5.38. The minimum absolute atomic E-state index is 0.224. The molecule has 0 spiro atoms. The quantitative estimate of drug-likeness (QED) is 0.817. The Morgan fingerprint density at radius 3 is 2.50 bits per heavy atom. The third-order valence-corrected chi connectivity index (χ3v) is 2.52. The van der Waals surface area contributed by atoms with Gasteiger partial charge in [-0.05, 0) is 52.8 Å². The van der Waals surface area contributed by atoms with Crippen LogP contribution in [0.25, 0.3) is 0 Å². The van der Waals surface area contributed by atoms with Gasteiger partial charge in [0.25, 0.3) is 0 Å². The van der Waals surface area contributed by atoms with Crippen LogP contribution in [0, 0.1) is 9.49 Å². The average Bonchev–Trinajstić information content (AvgIpc) is 2.21. The maximum atomic E-state index is 11.4. The number of urea groups is 1. The van der Waals surface area contributed by atoms with Gasteiger partial charge in [0.15, 0.2) is 0 Å². The van der Waals surface area contributed by atoms with E-state index in [-0.39, 0.29) is 6.03 Å². The fraction of sp³-hybridized carbons (Fsp3) is 0.250. The summed E-state index contributed by atoms with van der Waals surface area (Å²) in [6.07, 6.45) is 3.58. The van der Waals surface area contributed by atoms with Gasteiger partial charge in [-0.25, -0.2) is 4.79 Å². The number of hydrogen-bond donors (Lipinski definition) is 2. The van der Waals surface area contributed by atoms with E-state index in [0.717, 1.165) is 9.26 Å². The van der Waals surface area contributed by atoms with Gasteiger partial charge < -0.3 is 10.6 Å². The number of carbonyl (C=O) groups excluding carboxylic acids is 1. The molecular formula is C12H15IN2O. The molecule has 0 saturated heterocycles. The molecule has 0 heterocycles. The molecule has 0 radical (unpaired) electrons. The summed E-state index contributed by atoms with van der Waals surface area (Å²) in [4.78, 5) is 11.4.